The summed E-state index contributed by atoms with van der Waals surface area (Å²) in [6.45, 7) is 6.93. The number of rotatable bonds is 5. The average molecular weight is 296 g/mol. The van der Waals surface area contributed by atoms with Crippen LogP contribution in [0.15, 0.2) is 30.3 Å². The van der Waals surface area contributed by atoms with E-state index >= 15 is 0 Å². The molecule has 1 aromatic carbocycles. The minimum Gasteiger partial charge on any atom is -0.378 e. The van der Waals surface area contributed by atoms with Gasteiger partial charge in [-0.05, 0) is 18.9 Å². The lowest BCUT2D eigenvalue weighted by Crippen LogP contribution is -2.62. The third kappa shape index (κ3) is 2.99. The van der Waals surface area contributed by atoms with Crippen LogP contribution in [-0.2, 0) is 9.53 Å². The largest absolute Gasteiger partial charge is 0.378 e. The van der Waals surface area contributed by atoms with Crippen molar-refractivity contribution in [2.45, 2.75) is 44.7 Å². The fraction of sp³-hybridized carbons (Fsp3) is 0.562. The van der Waals surface area contributed by atoms with Crippen LogP contribution in [-0.4, -0.2) is 24.7 Å². The maximum Gasteiger partial charge on any atom is 0.242 e. The maximum absolute atomic E-state index is 12.2. The third-order valence-electron chi connectivity index (χ3n) is 4.18. The average Bonchev–Trinajstić information content (AvgIpc) is 2.46. The zero-order valence-electron chi connectivity index (χ0n) is 12.2. The van der Waals surface area contributed by atoms with Gasteiger partial charge in [-0.25, -0.2) is 0 Å². The van der Waals surface area contributed by atoms with E-state index in [-0.39, 0.29) is 23.5 Å². The van der Waals surface area contributed by atoms with Gasteiger partial charge >= 0.3 is 0 Å². The van der Waals surface area contributed by atoms with E-state index in [4.69, 9.17) is 16.3 Å². The lowest BCUT2D eigenvalue weighted by molar-refractivity contribution is -0.136. The van der Waals surface area contributed by atoms with Crippen LogP contribution in [0.3, 0.4) is 0 Å². The van der Waals surface area contributed by atoms with Crippen molar-refractivity contribution in [3.63, 3.8) is 0 Å². The third-order valence-corrected chi connectivity index (χ3v) is 4.63. The van der Waals surface area contributed by atoms with E-state index in [2.05, 4.69) is 19.2 Å². The van der Waals surface area contributed by atoms with Gasteiger partial charge in [0.15, 0.2) is 0 Å². The van der Waals surface area contributed by atoms with E-state index in [9.17, 15) is 4.79 Å². The molecule has 1 fully saturated rings. The van der Waals surface area contributed by atoms with Crippen molar-refractivity contribution in [1.82, 2.24) is 5.32 Å². The minimum absolute atomic E-state index is 0.0427. The fourth-order valence-electron chi connectivity index (χ4n) is 2.63. The van der Waals surface area contributed by atoms with Gasteiger partial charge in [-0.15, -0.1) is 11.6 Å². The summed E-state index contributed by atoms with van der Waals surface area (Å²) in [5, 5.41) is 2.40. The topological polar surface area (TPSA) is 38.3 Å². The Balaban J connectivity index is 1.93. The van der Waals surface area contributed by atoms with Crippen molar-refractivity contribution in [2.75, 3.05) is 6.61 Å². The normalized spacial score (nSPS) is 25.6. The number of hydrogen-bond acceptors (Lipinski definition) is 2. The summed E-state index contributed by atoms with van der Waals surface area (Å²) in [7, 11) is 0. The number of carbonyl (C=O) groups is 1. The summed E-state index contributed by atoms with van der Waals surface area (Å²) in [6, 6.07) is 9.54. The quantitative estimate of drug-likeness (QED) is 0.847. The van der Waals surface area contributed by atoms with Crippen molar-refractivity contribution in [3.05, 3.63) is 35.9 Å². The first-order valence-electron chi connectivity index (χ1n) is 7.07. The molecule has 20 heavy (non-hydrogen) atoms. The molecule has 1 saturated carbocycles. The molecule has 110 valence electrons. The Bertz CT molecular complexity index is 461. The van der Waals surface area contributed by atoms with Crippen LogP contribution in [0.1, 0.15) is 38.1 Å². The highest BCUT2D eigenvalue weighted by atomic mass is 35.5. The van der Waals surface area contributed by atoms with E-state index in [0.29, 0.717) is 6.61 Å². The van der Waals surface area contributed by atoms with Gasteiger partial charge in [0, 0.05) is 18.1 Å². The molecule has 3 nitrogen and oxygen atoms in total. The van der Waals surface area contributed by atoms with Gasteiger partial charge in [-0.3, -0.25) is 4.79 Å². The SMILES string of the molecule is CCOC1CC(NC(=O)C(Cl)c2ccccc2)C1(C)C. The molecule has 1 N–H and O–H groups in total. The van der Waals surface area contributed by atoms with Gasteiger partial charge in [-0.2, -0.15) is 0 Å². The highest BCUT2D eigenvalue weighted by Crippen LogP contribution is 2.43. The molecule has 0 heterocycles. The number of amides is 1. The summed E-state index contributed by atoms with van der Waals surface area (Å²) in [4.78, 5) is 12.2. The smallest absolute Gasteiger partial charge is 0.242 e. The molecular weight excluding hydrogens is 274 g/mol. The van der Waals surface area contributed by atoms with Gasteiger partial charge in [0.1, 0.15) is 5.38 Å². The van der Waals surface area contributed by atoms with E-state index in [1.807, 2.05) is 37.3 Å². The van der Waals surface area contributed by atoms with Crippen LogP contribution >= 0.6 is 11.6 Å². The van der Waals surface area contributed by atoms with Crippen LogP contribution in [0.4, 0.5) is 0 Å². The molecular formula is C16H22ClNO2. The van der Waals surface area contributed by atoms with E-state index < -0.39 is 5.38 Å². The summed E-state index contributed by atoms with van der Waals surface area (Å²) in [6.07, 6.45) is 1.06. The lowest BCUT2D eigenvalue weighted by Gasteiger charge is -2.51. The van der Waals surface area contributed by atoms with Crippen molar-refractivity contribution >= 4 is 17.5 Å². The molecule has 0 aromatic heterocycles. The van der Waals surface area contributed by atoms with Gasteiger partial charge in [0.2, 0.25) is 5.91 Å². The first kappa shape index (κ1) is 15.3. The summed E-state index contributed by atoms with van der Waals surface area (Å²) in [5.74, 6) is -0.133. The zero-order chi connectivity index (χ0) is 14.8. The fourth-order valence-corrected chi connectivity index (χ4v) is 2.84. The van der Waals surface area contributed by atoms with E-state index in [1.165, 1.54) is 0 Å². The van der Waals surface area contributed by atoms with Crippen LogP contribution in [0.5, 0.6) is 0 Å². The van der Waals surface area contributed by atoms with Crippen LogP contribution in [0.25, 0.3) is 0 Å². The number of benzene rings is 1. The van der Waals surface area contributed by atoms with Gasteiger partial charge in [0.05, 0.1) is 6.10 Å². The first-order chi connectivity index (χ1) is 9.46. The molecule has 1 aliphatic carbocycles. The van der Waals surface area contributed by atoms with E-state index in [0.717, 1.165) is 12.0 Å². The molecule has 0 aliphatic heterocycles. The van der Waals surface area contributed by atoms with Crippen molar-refractivity contribution in [2.24, 2.45) is 5.41 Å². The summed E-state index contributed by atoms with van der Waals surface area (Å²) >= 11 is 6.23. The predicted octanol–water partition coefficient (Wildman–Crippen LogP) is 3.29. The van der Waals surface area contributed by atoms with Crippen molar-refractivity contribution in [3.8, 4) is 0 Å². The minimum atomic E-state index is -0.641. The second-order valence-electron chi connectivity index (χ2n) is 5.84. The van der Waals surface area contributed by atoms with Gasteiger partial charge in [-0.1, -0.05) is 44.2 Å². The van der Waals surface area contributed by atoms with Crippen LogP contribution < -0.4 is 5.32 Å². The monoisotopic (exact) mass is 295 g/mol. The number of carbonyl (C=O) groups excluding carboxylic acids is 1. The number of ether oxygens (including phenoxy) is 1. The Hall–Kier alpha value is -1.06. The molecule has 0 radical (unpaired) electrons. The van der Waals surface area contributed by atoms with E-state index in [1.54, 1.807) is 0 Å². The highest BCUT2D eigenvalue weighted by Gasteiger charge is 2.49. The molecule has 0 saturated heterocycles. The molecule has 1 aromatic rings. The Morgan fingerprint density at radius 1 is 1.45 bits per heavy atom. The second-order valence-corrected chi connectivity index (χ2v) is 6.27. The predicted molar refractivity (Wildman–Crippen MR) is 80.8 cm³/mol. The highest BCUT2D eigenvalue weighted by molar-refractivity contribution is 6.30. The van der Waals surface area contributed by atoms with Gasteiger partial charge in [0.25, 0.3) is 0 Å². The molecule has 1 aliphatic rings. The van der Waals surface area contributed by atoms with Crippen LogP contribution in [0, 0.1) is 5.41 Å². The Morgan fingerprint density at radius 3 is 2.65 bits per heavy atom. The Labute approximate surface area is 125 Å². The molecule has 0 bridgehead atoms. The molecule has 0 spiro atoms. The van der Waals surface area contributed by atoms with Gasteiger partial charge < -0.3 is 10.1 Å². The number of halogens is 1. The standard InChI is InChI=1S/C16H22ClNO2/c1-4-20-13-10-12(16(13,2)3)18-15(19)14(17)11-8-6-5-7-9-11/h5-9,12-14H,4,10H2,1-3H3,(H,18,19). The zero-order valence-corrected chi connectivity index (χ0v) is 13.0. The Morgan fingerprint density at radius 2 is 2.10 bits per heavy atom. The molecule has 1 amide bonds. The van der Waals surface area contributed by atoms with Crippen molar-refractivity contribution in [1.29, 1.82) is 0 Å². The van der Waals surface area contributed by atoms with Crippen LogP contribution in [0.2, 0.25) is 0 Å². The molecule has 3 atom stereocenters. The number of alkyl halides is 1. The maximum atomic E-state index is 12.2. The summed E-state index contributed by atoms with van der Waals surface area (Å²) < 4.78 is 5.67. The first-order valence-corrected chi connectivity index (χ1v) is 7.51. The van der Waals surface area contributed by atoms with Crippen molar-refractivity contribution < 1.29 is 9.53 Å². The summed E-state index contributed by atoms with van der Waals surface area (Å²) in [5.41, 5.74) is 0.782. The molecule has 4 heteroatoms. The lowest BCUT2D eigenvalue weighted by atomic mass is 9.64. The Kier molecular flexibility index (Phi) is 4.71. The number of nitrogens with one attached hydrogen (secondary N) is 1. The molecule has 3 unspecified atom stereocenters. The second kappa shape index (κ2) is 6.15. The molecule has 2 rings (SSSR count). The number of hydrogen-bond donors (Lipinski definition) is 1.